The van der Waals surface area contributed by atoms with Crippen LogP contribution < -0.4 is 10.6 Å². The number of aliphatic hydroxyl groups is 4. The average Bonchev–Trinajstić information content (AvgIpc) is 3.16. The van der Waals surface area contributed by atoms with E-state index in [4.69, 9.17) is 33.2 Å². The summed E-state index contributed by atoms with van der Waals surface area (Å²) >= 11 is 0. The van der Waals surface area contributed by atoms with Crippen LogP contribution in [0.4, 0.5) is 4.79 Å². The van der Waals surface area contributed by atoms with Crippen molar-refractivity contribution in [3.63, 3.8) is 0 Å². The van der Waals surface area contributed by atoms with Gasteiger partial charge >= 0.3 is 31.7 Å². The summed E-state index contributed by atoms with van der Waals surface area (Å²) in [5.74, 6) is -5.96. The predicted octanol–water partition coefficient (Wildman–Crippen LogP) is -1.17. The van der Waals surface area contributed by atoms with E-state index in [1.165, 1.54) is 20.8 Å². The Kier molecular flexibility index (Phi) is 22.9. The van der Waals surface area contributed by atoms with Gasteiger partial charge in [0.05, 0.1) is 89.0 Å². The van der Waals surface area contributed by atoms with Gasteiger partial charge in [0.25, 0.3) is 0 Å². The first-order valence-electron chi connectivity index (χ1n) is 20.5. The summed E-state index contributed by atoms with van der Waals surface area (Å²) < 4.78 is 56.8. The first-order valence-corrected chi connectivity index (χ1v) is 22.3. The molecule has 2 saturated heterocycles. The molecule has 2 aliphatic heterocycles. The zero-order valence-electron chi connectivity index (χ0n) is 37.3. The zero-order chi connectivity index (χ0) is 48.7. The second-order valence-electron chi connectivity index (χ2n) is 16.5. The van der Waals surface area contributed by atoms with E-state index in [1.807, 2.05) is 0 Å². The molecule has 2 aliphatic rings. The van der Waals surface area contributed by atoms with E-state index in [0.29, 0.717) is 0 Å². The zero-order valence-corrected chi connectivity index (χ0v) is 38.2. The molecular formula is C38H65N2O23P. The van der Waals surface area contributed by atoms with E-state index < -0.39 is 179 Å². The Morgan fingerprint density at radius 2 is 1.42 bits per heavy atom. The maximum Gasteiger partial charge on any atom is 0.508 e. The molecule has 0 bridgehead atoms. The third kappa shape index (κ3) is 18.7. The van der Waals surface area contributed by atoms with Crippen LogP contribution in [-0.4, -0.2) is 179 Å². The third-order valence-corrected chi connectivity index (χ3v) is 10.7. The lowest BCUT2D eigenvalue weighted by Crippen LogP contribution is -2.66. The Labute approximate surface area is 370 Å². The molecule has 0 saturated carbocycles. The molecule has 0 aliphatic carbocycles. The molecule has 25 nitrogen and oxygen atoms in total. The second-order valence-corrected chi connectivity index (χ2v) is 18.2. The molecular weight excluding hydrogens is 883 g/mol. The number of rotatable bonds is 23. The van der Waals surface area contributed by atoms with Gasteiger partial charge in [-0.2, -0.15) is 0 Å². The molecule has 0 spiro atoms. The number of ether oxygens (including phenoxy) is 8. The minimum Gasteiger partial charge on any atom is -0.462 e. The molecule has 2 rings (SSSR count). The van der Waals surface area contributed by atoms with E-state index in [1.54, 1.807) is 27.7 Å². The molecule has 64 heavy (non-hydrogen) atoms. The van der Waals surface area contributed by atoms with Gasteiger partial charge in [0.15, 0.2) is 18.7 Å². The van der Waals surface area contributed by atoms with Crippen molar-refractivity contribution in [1.82, 2.24) is 10.6 Å². The topological polar surface area (TPSA) is 357 Å². The molecule has 0 radical (unpaired) electrons. The lowest BCUT2D eigenvalue weighted by molar-refractivity contribution is -0.352. The number of esters is 3. The van der Waals surface area contributed by atoms with Crippen LogP contribution in [-0.2, 0) is 76.2 Å². The SMILES string of the molecule is CC[C@H](CC(=O)NC1C(OCC2OC(C)C(NC(=O)C[C@H](O)OOC)C(OC(=O)C[C@@H](C)O)C2O)OC(CO)C(CP(=O)(O)O)C1OC(=O)C[C@@H](C)OC(=O)C(C)(C)C)OC(=O)OC. The lowest BCUT2D eigenvalue weighted by Gasteiger charge is -2.47. The fourth-order valence-corrected chi connectivity index (χ4v) is 7.64. The quantitative estimate of drug-likeness (QED) is 0.0149. The number of carbonyl (C=O) groups excluding carboxylic acids is 6. The van der Waals surface area contributed by atoms with Gasteiger partial charge in [-0.3, -0.25) is 28.5 Å². The van der Waals surface area contributed by atoms with Crippen LogP contribution >= 0.6 is 7.60 Å². The summed E-state index contributed by atoms with van der Waals surface area (Å²) in [6.07, 6.45) is -20.3. The molecule has 8 N–H and O–H groups in total. The van der Waals surface area contributed by atoms with Gasteiger partial charge in [0.1, 0.15) is 36.6 Å². The van der Waals surface area contributed by atoms with Crippen molar-refractivity contribution in [2.45, 2.75) is 160 Å². The highest BCUT2D eigenvalue weighted by atomic mass is 31.2. The summed E-state index contributed by atoms with van der Waals surface area (Å²) in [5.41, 5.74) is -0.944. The first kappa shape index (κ1) is 56.5. The molecule has 0 aromatic carbocycles. The van der Waals surface area contributed by atoms with Gasteiger partial charge in [-0.05, 0) is 48.0 Å². The standard InChI is InChI=1S/C38H65N2O23P/c1-10-21(59-37(50)54-8)13-25(43)40-31-33(61-28(46)12-19(3)57-36(49)38(5,6)7)22(17-64(51,52)53)23(15-41)60-35(31)56-16-24-32(48)34(62-27(45)11-18(2)42)30(20(4)58-24)39-26(44)14-29(47)63-55-9/h18-24,29-35,41-42,47-48H,10-17H2,1-9H3,(H,39,44)(H,40,43)(H2,51,52,53)/t18-,19-,20?,21-,22?,23?,24?,29-,30?,31?,32?,33?,34?,35?/m1/s1. The number of hydrogen-bond donors (Lipinski definition) is 8. The van der Waals surface area contributed by atoms with Gasteiger partial charge < -0.3 is 78.7 Å². The van der Waals surface area contributed by atoms with Crippen molar-refractivity contribution >= 4 is 43.5 Å². The van der Waals surface area contributed by atoms with Crippen LogP contribution in [0.25, 0.3) is 0 Å². The van der Waals surface area contributed by atoms with Crippen molar-refractivity contribution in [2.75, 3.05) is 33.6 Å². The smallest absolute Gasteiger partial charge is 0.462 e. The number of aliphatic hydroxyl groups excluding tert-OH is 4. The van der Waals surface area contributed by atoms with Crippen LogP contribution in [0.1, 0.15) is 80.6 Å². The van der Waals surface area contributed by atoms with Crippen LogP contribution in [0.2, 0.25) is 0 Å². The Morgan fingerprint density at radius 1 is 0.828 bits per heavy atom. The largest absolute Gasteiger partial charge is 0.508 e. The van der Waals surface area contributed by atoms with Crippen molar-refractivity contribution in [2.24, 2.45) is 11.3 Å². The summed E-state index contributed by atoms with van der Waals surface area (Å²) in [7, 11) is -2.86. The van der Waals surface area contributed by atoms with Crippen molar-refractivity contribution < 1.29 is 111 Å². The minimum atomic E-state index is -5.01. The fourth-order valence-electron chi connectivity index (χ4n) is 6.65. The maximum absolute atomic E-state index is 13.7. The van der Waals surface area contributed by atoms with Crippen molar-refractivity contribution in [3.05, 3.63) is 0 Å². The molecule has 370 valence electrons. The number of nitrogens with one attached hydrogen (secondary N) is 2. The van der Waals surface area contributed by atoms with E-state index in [9.17, 15) is 63.5 Å². The van der Waals surface area contributed by atoms with E-state index >= 15 is 0 Å². The molecule has 10 unspecified atom stereocenters. The molecule has 2 heterocycles. The highest BCUT2D eigenvalue weighted by Gasteiger charge is 2.53. The van der Waals surface area contributed by atoms with Gasteiger partial charge in [0, 0.05) is 5.92 Å². The molecule has 2 fully saturated rings. The van der Waals surface area contributed by atoms with Crippen LogP contribution in [0.15, 0.2) is 0 Å². The third-order valence-electron chi connectivity index (χ3n) is 9.77. The van der Waals surface area contributed by atoms with Crippen LogP contribution in [0.5, 0.6) is 0 Å². The summed E-state index contributed by atoms with van der Waals surface area (Å²) in [4.78, 5) is 106. The van der Waals surface area contributed by atoms with Gasteiger partial charge in [-0.15, -0.1) is 0 Å². The van der Waals surface area contributed by atoms with E-state index in [-0.39, 0.29) is 6.42 Å². The average molecular weight is 949 g/mol. The molecule has 0 aromatic heterocycles. The monoisotopic (exact) mass is 948 g/mol. The number of amides is 2. The summed E-state index contributed by atoms with van der Waals surface area (Å²) in [5, 5.41) is 46.8. The number of carbonyl (C=O) groups is 6. The van der Waals surface area contributed by atoms with E-state index in [0.717, 1.165) is 14.2 Å². The first-order chi connectivity index (χ1) is 29.7. The lowest BCUT2D eigenvalue weighted by atomic mass is 9.88. The summed E-state index contributed by atoms with van der Waals surface area (Å²) in [6.45, 7) is 8.87. The normalized spacial score (nSPS) is 28.0. The van der Waals surface area contributed by atoms with Gasteiger partial charge in [-0.25, -0.2) is 14.6 Å². The fraction of sp³-hybridized carbons (Fsp3) is 0.842. The highest BCUT2D eigenvalue weighted by molar-refractivity contribution is 7.51. The Balaban J connectivity index is 2.58. The summed E-state index contributed by atoms with van der Waals surface area (Å²) in [6, 6.07) is -2.95. The molecule has 2 amide bonds. The van der Waals surface area contributed by atoms with E-state index in [2.05, 4.69) is 25.1 Å². The van der Waals surface area contributed by atoms with Crippen molar-refractivity contribution in [1.29, 1.82) is 0 Å². The van der Waals surface area contributed by atoms with Gasteiger partial charge in [-0.1, -0.05) is 6.92 Å². The Hall–Kier alpha value is -3.59. The molecule has 14 atom stereocenters. The van der Waals surface area contributed by atoms with Gasteiger partial charge in [0.2, 0.25) is 11.8 Å². The molecule has 26 heteroatoms. The molecule has 0 aromatic rings. The van der Waals surface area contributed by atoms with Crippen molar-refractivity contribution in [3.8, 4) is 0 Å². The Bertz CT molecular complexity index is 1590. The Morgan fingerprint density at radius 3 is 1.97 bits per heavy atom. The number of hydrogen-bond acceptors (Lipinski definition) is 21. The highest BCUT2D eigenvalue weighted by Crippen LogP contribution is 2.43. The predicted molar refractivity (Wildman–Crippen MR) is 213 cm³/mol. The van der Waals surface area contributed by atoms with Crippen LogP contribution in [0.3, 0.4) is 0 Å². The van der Waals surface area contributed by atoms with Crippen LogP contribution in [0, 0.1) is 11.3 Å². The second kappa shape index (κ2) is 25.9. The number of methoxy groups -OCH3 is 1. The maximum atomic E-state index is 13.7. The minimum absolute atomic E-state index is 0.113.